The van der Waals surface area contributed by atoms with Crippen LogP contribution >= 0.6 is 0 Å². The molecular weight excluding hydrogens is 847 g/mol. The zero-order valence-corrected chi connectivity index (χ0v) is 28.1. The number of alkyl halides is 3. The molecule has 6 nitrogen and oxygen atoms in total. The van der Waals surface area contributed by atoms with Crippen LogP contribution in [-0.2, 0) is 5.92 Å². The summed E-state index contributed by atoms with van der Waals surface area (Å²) in [5, 5.41) is 21.5. The van der Waals surface area contributed by atoms with Gasteiger partial charge in [-0.05, 0) is 34.4 Å². The molecule has 0 heterocycles. The fourth-order valence-electron chi connectivity index (χ4n) is 3.32. The Morgan fingerprint density at radius 3 is 1.42 bits per heavy atom. The van der Waals surface area contributed by atoms with Crippen molar-refractivity contribution in [3.05, 3.63) is 142 Å². The minimum absolute atomic E-state index is 0. The number of hydrogen-bond donors (Lipinski definition) is 0. The normalized spacial score (nSPS) is 10.6. The summed E-state index contributed by atoms with van der Waals surface area (Å²) in [6.45, 7) is -1.61. The van der Waals surface area contributed by atoms with Crippen molar-refractivity contribution in [1.82, 2.24) is 0 Å². The summed E-state index contributed by atoms with van der Waals surface area (Å²) in [5.41, 5.74) is -0.566. The third-order valence-electron chi connectivity index (χ3n) is 5.23. The number of halogens is 8. The maximum Gasteiger partial charge on any atom is 0.305 e. The maximum absolute atomic E-state index is 13.3. The third kappa shape index (κ3) is 9.62. The Kier molecular flexibility index (Phi) is 12.9. The van der Waals surface area contributed by atoms with Gasteiger partial charge in [0.05, 0.1) is 21.8 Å². The van der Waals surface area contributed by atoms with Gasteiger partial charge in [0.2, 0.25) is 11.7 Å². The second kappa shape index (κ2) is 15.8. The van der Waals surface area contributed by atoms with Crippen molar-refractivity contribution in [3.8, 4) is 22.3 Å². The molecule has 0 N–H and O–H groups in total. The Balaban J connectivity index is 0.000000373. The number of benzene rings is 4. The van der Waals surface area contributed by atoms with Crippen molar-refractivity contribution < 1.29 is 45.0 Å². The molecule has 0 unspecified atom stereocenters. The second-order valence-electron chi connectivity index (χ2n) is 7.95. The molecule has 0 atom stereocenters. The molecule has 0 spiro atoms. The first-order valence-electron chi connectivity index (χ1n) is 11.4. The number of rotatable bonds is 7. The predicted molar refractivity (Wildman–Crippen MR) is 138 cm³/mol. The van der Waals surface area contributed by atoms with Gasteiger partial charge in [-0.1, -0.05) is 72.8 Å². The predicted octanol–water partition coefficient (Wildman–Crippen LogP) is 9.57. The van der Waals surface area contributed by atoms with Gasteiger partial charge in [0.1, 0.15) is 0 Å². The van der Waals surface area contributed by atoms with E-state index in [1.807, 2.05) is 30.3 Å². The van der Waals surface area contributed by atoms with E-state index in [-0.39, 0.29) is 0 Å². The van der Waals surface area contributed by atoms with Gasteiger partial charge in [0.15, 0.2) is 0 Å². The first-order valence-corrected chi connectivity index (χ1v) is 11.4. The molecule has 0 aliphatic carbocycles. The van der Waals surface area contributed by atoms with Crippen molar-refractivity contribution in [3.63, 3.8) is 0 Å². The van der Waals surface area contributed by atoms with Crippen molar-refractivity contribution in [2.45, 2.75) is 5.92 Å². The van der Waals surface area contributed by atoms with Gasteiger partial charge < -0.3 is 17.6 Å². The van der Waals surface area contributed by atoms with E-state index in [4.69, 9.17) is 0 Å². The van der Waals surface area contributed by atoms with E-state index in [1.54, 1.807) is 30.3 Å². The quantitative estimate of drug-likeness (QED) is 0.0802. The number of hydrogen-bond acceptors (Lipinski definition) is 4. The van der Waals surface area contributed by atoms with Crippen LogP contribution < -0.4 is 0 Å². The van der Waals surface area contributed by atoms with E-state index in [0.29, 0.717) is 22.8 Å². The second-order valence-corrected chi connectivity index (χ2v) is 7.95. The summed E-state index contributed by atoms with van der Waals surface area (Å²) in [6.07, 6.45) is -5.34. The molecule has 0 aromatic heterocycles. The van der Waals surface area contributed by atoms with Gasteiger partial charge >= 0.3 is 5.69 Å². The molecule has 0 amide bonds. The molecule has 0 saturated heterocycles. The molecule has 0 bridgehead atoms. The van der Waals surface area contributed by atoms with Crippen LogP contribution in [0.25, 0.3) is 22.3 Å². The van der Waals surface area contributed by atoms with E-state index in [2.05, 4.69) is 0 Å². The van der Waals surface area contributed by atoms with E-state index in [1.165, 1.54) is 12.1 Å². The molecule has 43 heavy (non-hydrogen) atoms. The fourth-order valence-corrected chi connectivity index (χ4v) is 3.32. The zero-order chi connectivity index (χ0) is 31.4. The Hall–Kier alpha value is -5.88. The van der Waals surface area contributed by atoms with Crippen LogP contribution in [0.4, 0.5) is 46.5 Å². The summed E-state index contributed by atoms with van der Waals surface area (Å²) >= 11 is 0. The summed E-state index contributed by atoms with van der Waals surface area (Å²) in [4.78, 5) is 19.6. The van der Waals surface area contributed by atoms with Gasteiger partial charge in [0, 0.05) is 25.2 Å². The van der Waals surface area contributed by atoms with Crippen LogP contribution in [-0.4, -0.2) is 16.5 Å². The topological polar surface area (TPSA) is 86.3 Å². The molecule has 0 saturated carbocycles. The van der Waals surface area contributed by atoms with Crippen LogP contribution in [0.2, 0.25) is 0 Å². The number of nitro benzene ring substituents is 2. The average molecular weight is 865 g/mol. The van der Waals surface area contributed by atoms with Crippen molar-refractivity contribution >= 4 is 11.4 Å². The first-order chi connectivity index (χ1) is 19.8. The standard InChI is InChI=1S/C14H8F4NO2.C12H8FNO2.C2H2F3.Rf/c15-13(16)14(17,18)11-7-6-10(8-12(11)19(20)21)9-4-2-1-3-5-9;13-11-7-6-10(8-12(11)14(15)16)9-4-2-1-3-5-9;3-1-2(4)5;/h1-8H;1-8H;1H2;/q-1;;-1;. The average Bonchev–Trinajstić information content (AvgIpc) is 2.98. The van der Waals surface area contributed by atoms with Crippen LogP contribution in [0.3, 0.4) is 0 Å². The Morgan fingerprint density at radius 1 is 0.651 bits per heavy atom. The minimum atomic E-state index is -4.66. The molecule has 0 aliphatic rings. The van der Waals surface area contributed by atoms with Crippen LogP contribution in [0.15, 0.2) is 97.1 Å². The summed E-state index contributed by atoms with van der Waals surface area (Å²) < 4.78 is 95.3. The minimum Gasteiger partial charge on any atom is -0.419 e. The Morgan fingerprint density at radius 2 is 1.05 bits per heavy atom. The molecule has 224 valence electrons. The van der Waals surface area contributed by atoms with E-state index in [0.717, 1.165) is 23.8 Å². The van der Waals surface area contributed by atoms with Crippen LogP contribution in [0.5, 0.6) is 0 Å². The molecule has 4 aromatic carbocycles. The number of nitro groups is 2. The van der Waals surface area contributed by atoms with Gasteiger partial charge in [0.25, 0.3) is 5.69 Å². The SMILES string of the molecule is FC[C-](F)F.O=[N+]([O-])c1cc(-c2ccccc2)ccc1C(F)(F)[C-](F)F.O=[N+]([O-])c1cc(-c2ccccc2)ccc1F.[Rf]. The third-order valence-corrected chi connectivity index (χ3v) is 5.23. The van der Waals surface area contributed by atoms with Gasteiger partial charge in [-0.25, -0.2) is 8.78 Å². The monoisotopic (exact) mass is 865 g/mol. The summed E-state index contributed by atoms with van der Waals surface area (Å²) in [6, 6.07) is 24.0. The molecule has 4 aromatic rings. The van der Waals surface area contributed by atoms with Crippen LogP contribution in [0, 0.1) is 38.9 Å². The zero-order valence-electron chi connectivity index (χ0n) is 21.7. The molecule has 0 fully saturated rings. The van der Waals surface area contributed by atoms with Gasteiger partial charge in [-0.3, -0.25) is 24.6 Å². The Labute approximate surface area is 233 Å². The molecule has 0 aliphatic heterocycles. The van der Waals surface area contributed by atoms with E-state index < -0.39 is 58.1 Å². The van der Waals surface area contributed by atoms with Crippen molar-refractivity contribution in [2.24, 2.45) is 0 Å². The molecule has 4 rings (SSSR count). The fraction of sp³-hybridized carbons (Fsp3) is 0.0714. The summed E-state index contributed by atoms with van der Waals surface area (Å²) in [5.74, 6) is -5.47. The molecule has 15 heteroatoms. The summed E-state index contributed by atoms with van der Waals surface area (Å²) in [7, 11) is 0. The van der Waals surface area contributed by atoms with Crippen LogP contribution in [0.1, 0.15) is 5.56 Å². The Bertz CT molecular complexity index is 1480. The molecule has 0 radical (unpaired) electrons. The molecular formula is C28H18F8N2O4Rf-2. The smallest absolute Gasteiger partial charge is 0.305 e. The van der Waals surface area contributed by atoms with Gasteiger partial charge in [-0.2, -0.15) is 4.39 Å². The number of nitrogens with zero attached hydrogens (tertiary/aromatic N) is 2. The van der Waals surface area contributed by atoms with Crippen molar-refractivity contribution in [2.75, 3.05) is 6.67 Å². The van der Waals surface area contributed by atoms with E-state index in [9.17, 15) is 55.4 Å². The van der Waals surface area contributed by atoms with Crippen molar-refractivity contribution in [1.29, 1.82) is 0 Å². The van der Waals surface area contributed by atoms with Gasteiger partial charge in [-0.15, -0.1) is 0 Å². The largest absolute Gasteiger partial charge is 0.419 e. The maximum atomic E-state index is 13.3. The first kappa shape index (κ1) is 35.1. The van der Waals surface area contributed by atoms with E-state index >= 15 is 0 Å².